The van der Waals surface area contributed by atoms with E-state index in [0.717, 1.165) is 0 Å². The Hall–Kier alpha value is -0.610. The Morgan fingerprint density at radius 2 is 2.33 bits per heavy atom. The first-order chi connectivity index (χ1) is 5.66. The summed E-state index contributed by atoms with van der Waals surface area (Å²) >= 11 is 0. The smallest absolute Gasteiger partial charge is 0.222 e. The number of carbonyl (C=O) groups is 1. The molecular weight excluding hydrogens is 158 g/mol. The molecule has 4 heteroatoms. The monoisotopic (exact) mass is 175 g/mol. The minimum atomic E-state index is -0.485. The van der Waals surface area contributed by atoms with Gasteiger partial charge in [0, 0.05) is 19.6 Å². The molecule has 0 radical (unpaired) electrons. The van der Waals surface area contributed by atoms with Crippen molar-refractivity contribution in [1.29, 1.82) is 0 Å². The van der Waals surface area contributed by atoms with Gasteiger partial charge < -0.3 is 15.2 Å². The van der Waals surface area contributed by atoms with E-state index in [4.69, 9.17) is 9.84 Å². The van der Waals surface area contributed by atoms with E-state index in [1.807, 2.05) is 6.92 Å². The van der Waals surface area contributed by atoms with Crippen LogP contribution in [0, 0.1) is 0 Å². The maximum absolute atomic E-state index is 10.9. The topological polar surface area (TPSA) is 58.6 Å². The van der Waals surface area contributed by atoms with E-state index < -0.39 is 6.10 Å². The SMILES string of the molecule is CCOCCC(=O)NCC(C)O. The van der Waals surface area contributed by atoms with Crippen molar-refractivity contribution in [3.63, 3.8) is 0 Å². The minimum absolute atomic E-state index is 0.0793. The summed E-state index contributed by atoms with van der Waals surface area (Å²) in [4.78, 5) is 10.9. The highest BCUT2D eigenvalue weighted by Crippen LogP contribution is 1.83. The van der Waals surface area contributed by atoms with Crippen LogP contribution in [0.15, 0.2) is 0 Å². The Kier molecular flexibility index (Phi) is 6.70. The minimum Gasteiger partial charge on any atom is -0.392 e. The van der Waals surface area contributed by atoms with Gasteiger partial charge in [-0.15, -0.1) is 0 Å². The molecule has 0 aliphatic rings. The van der Waals surface area contributed by atoms with Crippen molar-refractivity contribution >= 4 is 5.91 Å². The highest BCUT2D eigenvalue weighted by Gasteiger charge is 2.01. The van der Waals surface area contributed by atoms with Crippen LogP contribution >= 0.6 is 0 Å². The molecule has 0 aliphatic heterocycles. The Labute approximate surface area is 72.9 Å². The van der Waals surface area contributed by atoms with Gasteiger partial charge in [0.2, 0.25) is 5.91 Å². The maximum Gasteiger partial charge on any atom is 0.222 e. The van der Waals surface area contributed by atoms with Gasteiger partial charge in [-0.3, -0.25) is 4.79 Å². The largest absolute Gasteiger partial charge is 0.392 e. The van der Waals surface area contributed by atoms with Crippen molar-refractivity contribution in [3.8, 4) is 0 Å². The molecule has 0 fully saturated rings. The van der Waals surface area contributed by atoms with Crippen molar-refractivity contribution in [1.82, 2.24) is 5.32 Å². The zero-order valence-electron chi connectivity index (χ0n) is 7.67. The third kappa shape index (κ3) is 7.50. The molecule has 0 saturated carbocycles. The van der Waals surface area contributed by atoms with E-state index in [1.165, 1.54) is 0 Å². The van der Waals surface area contributed by atoms with Gasteiger partial charge in [-0.25, -0.2) is 0 Å². The lowest BCUT2D eigenvalue weighted by atomic mass is 10.3. The predicted octanol–water partition coefficient (Wildman–Crippen LogP) is -0.0900. The second-order valence-electron chi connectivity index (χ2n) is 2.60. The predicted molar refractivity (Wildman–Crippen MR) is 45.8 cm³/mol. The van der Waals surface area contributed by atoms with Gasteiger partial charge >= 0.3 is 0 Å². The molecule has 12 heavy (non-hydrogen) atoms. The van der Waals surface area contributed by atoms with Gasteiger partial charge in [-0.05, 0) is 13.8 Å². The van der Waals surface area contributed by atoms with Crippen LogP contribution in [-0.4, -0.2) is 36.9 Å². The third-order valence-electron chi connectivity index (χ3n) is 1.27. The zero-order chi connectivity index (χ0) is 9.40. The lowest BCUT2D eigenvalue weighted by molar-refractivity contribution is -0.122. The Morgan fingerprint density at radius 3 is 2.83 bits per heavy atom. The van der Waals surface area contributed by atoms with Gasteiger partial charge in [0.05, 0.1) is 12.7 Å². The average Bonchev–Trinajstić information content (AvgIpc) is 2.01. The van der Waals surface area contributed by atoms with Crippen LogP contribution in [-0.2, 0) is 9.53 Å². The van der Waals surface area contributed by atoms with Crippen LogP contribution in [0.1, 0.15) is 20.3 Å². The van der Waals surface area contributed by atoms with Crippen molar-refractivity contribution in [2.45, 2.75) is 26.4 Å². The molecule has 0 bridgehead atoms. The molecule has 2 N–H and O–H groups in total. The van der Waals surface area contributed by atoms with Crippen LogP contribution in [0.25, 0.3) is 0 Å². The summed E-state index contributed by atoms with van der Waals surface area (Å²) < 4.78 is 4.99. The van der Waals surface area contributed by atoms with Crippen molar-refractivity contribution in [2.75, 3.05) is 19.8 Å². The molecule has 1 unspecified atom stereocenters. The summed E-state index contributed by atoms with van der Waals surface area (Å²) in [6.45, 7) is 4.90. The Bertz CT molecular complexity index is 125. The summed E-state index contributed by atoms with van der Waals surface area (Å²) in [5.74, 6) is -0.0793. The van der Waals surface area contributed by atoms with Crippen LogP contribution in [0.2, 0.25) is 0 Å². The fraction of sp³-hybridized carbons (Fsp3) is 0.875. The van der Waals surface area contributed by atoms with E-state index in [2.05, 4.69) is 5.32 Å². The Morgan fingerprint density at radius 1 is 1.67 bits per heavy atom. The van der Waals surface area contributed by atoms with Crippen LogP contribution in [0.3, 0.4) is 0 Å². The second kappa shape index (κ2) is 7.06. The summed E-state index contributed by atoms with van der Waals surface area (Å²) in [5.41, 5.74) is 0. The first-order valence-corrected chi connectivity index (χ1v) is 4.19. The molecular formula is C8H17NO3. The fourth-order valence-electron chi connectivity index (χ4n) is 0.659. The molecule has 1 amide bonds. The highest BCUT2D eigenvalue weighted by atomic mass is 16.5. The lowest BCUT2D eigenvalue weighted by Gasteiger charge is -2.06. The number of rotatable bonds is 6. The van der Waals surface area contributed by atoms with Gasteiger partial charge in [-0.1, -0.05) is 0 Å². The lowest BCUT2D eigenvalue weighted by Crippen LogP contribution is -2.31. The summed E-state index contributed by atoms with van der Waals surface area (Å²) in [6, 6.07) is 0. The standard InChI is InChI=1S/C8H17NO3/c1-3-12-5-4-8(11)9-6-7(2)10/h7,10H,3-6H2,1-2H3,(H,9,11). The van der Waals surface area contributed by atoms with E-state index in [9.17, 15) is 4.79 Å². The molecule has 0 spiro atoms. The normalized spacial score (nSPS) is 12.6. The molecule has 1 atom stereocenters. The van der Waals surface area contributed by atoms with E-state index >= 15 is 0 Å². The van der Waals surface area contributed by atoms with Crippen LogP contribution in [0.4, 0.5) is 0 Å². The van der Waals surface area contributed by atoms with E-state index in [1.54, 1.807) is 6.92 Å². The summed E-state index contributed by atoms with van der Waals surface area (Å²) in [7, 11) is 0. The maximum atomic E-state index is 10.9. The van der Waals surface area contributed by atoms with Gasteiger partial charge in [0.25, 0.3) is 0 Å². The van der Waals surface area contributed by atoms with Crippen molar-refractivity contribution < 1.29 is 14.6 Å². The van der Waals surface area contributed by atoms with Crippen LogP contribution in [0.5, 0.6) is 0 Å². The van der Waals surface area contributed by atoms with E-state index in [0.29, 0.717) is 26.2 Å². The second-order valence-corrected chi connectivity index (χ2v) is 2.60. The number of aliphatic hydroxyl groups excluding tert-OH is 1. The fourth-order valence-corrected chi connectivity index (χ4v) is 0.659. The molecule has 4 nitrogen and oxygen atoms in total. The van der Waals surface area contributed by atoms with Crippen LogP contribution < -0.4 is 5.32 Å². The number of hydrogen-bond acceptors (Lipinski definition) is 3. The van der Waals surface area contributed by atoms with Gasteiger partial charge in [-0.2, -0.15) is 0 Å². The highest BCUT2D eigenvalue weighted by molar-refractivity contribution is 5.75. The molecule has 0 aromatic rings. The quantitative estimate of drug-likeness (QED) is 0.555. The molecule has 0 heterocycles. The summed E-state index contributed by atoms with van der Waals surface area (Å²) in [6.07, 6.45) is -0.123. The van der Waals surface area contributed by atoms with Crippen molar-refractivity contribution in [3.05, 3.63) is 0 Å². The van der Waals surface area contributed by atoms with Crippen molar-refractivity contribution in [2.24, 2.45) is 0 Å². The number of nitrogens with one attached hydrogen (secondary N) is 1. The number of amides is 1. The first-order valence-electron chi connectivity index (χ1n) is 4.19. The van der Waals surface area contributed by atoms with E-state index in [-0.39, 0.29) is 5.91 Å². The molecule has 0 aliphatic carbocycles. The molecule has 0 saturated heterocycles. The third-order valence-corrected chi connectivity index (χ3v) is 1.27. The number of aliphatic hydroxyl groups is 1. The van der Waals surface area contributed by atoms with Gasteiger partial charge in [0.1, 0.15) is 0 Å². The molecule has 0 aromatic carbocycles. The number of hydrogen-bond donors (Lipinski definition) is 2. The first kappa shape index (κ1) is 11.4. The molecule has 0 aromatic heterocycles. The number of carbonyl (C=O) groups excluding carboxylic acids is 1. The summed E-state index contributed by atoms with van der Waals surface area (Å²) in [5, 5.41) is 11.4. The van der Waals surface area contributed by atoms with Gasteiger partial charge in [0.15, 0.2) is 0 Å². The molecule has 0 rings (SSSR count). The zero-order valence-corrected chi connectivity index (χ0v) is 7.67. The Balaban J connectivity index is 3.22. The average molecular weight is 175 g/mol. The molecule has 72 valence electrons. The number of ether oxygens (including phenoxy) is 1.